The molecule has 7 heteroatoms. The molecule has 0 spiro atoms. The van der Waals surface area contributed by atoms with E-state index in [0.29, 0.717) is 26.9 Å². The first-order chi connectivity index (χ1) is 11.0. The summed E-state index contributed by atoms with van der Waals surface area (Å²) in [4.78, 5) is 11.4. The van der Waals surface area contributed by atoms with Gasteiger partial charge in [-0.1, -0.05) is 53.0 Å². The zero-order valence-corrected chi connectivity index (χ0v) is 13.8. The zero-order chi connectivity index (χ0) is 16.6. The third kappa shape index (κ3) is 3.11. The Morgan fingerprint density at radius 2 is 1.78 bits per heavy atom. The molecule has 4 nitrogen and oxygen atoms in total. The van der Waals surface area contributed by atoms with Crippen LogP contribution in [0.2, 0.25) is 15.1 Å². The van der Waals surface area contributed by atoms with Crippen LogP contribution in [0.4, 0.5) is 5.69 Å². The summed E-state index contributed by atoms with van der Waals surface area (Å²) >= 11 is 17.9. The predicted molar refractivity (Wildman–Crippen MR) is 92.0 cm³/mol. The highest BCUT2D eigenvalue weighted by Crippen LogP contribution is 2.34. The summed E-state index contributed by atoms with van der Waals surface area (Å²) < 4.78 is 5.40. The van der Waals surface area contributed by atoms with Crippen molar-refractivity contribution in [2.45, 2.75) is 6.54 Å². The number of hydrogen-bond donors (Lipinski definition) is 2. The molecule has 0 atom stereocenters. The lowest BCUT2D eigenvalue weighted by molar-refractivity contribution is 0.0663. The van der Waals surface area contributed by atoms with Crippen molar-refractivity contribution >= 4 is 57.4 Å². The van der Waals surface area contributed by atoms with E-state index in [1.807, 2.05) is 12.1 Å². The number of carboxylic acids is 1. The molecule has 0 saturated heterocycles. The third-order valence-electron chi connectivity index (χ3n) is 3.35. The minimum absolute atomic E-state index is 0.0927. The second-order valence-electron chi connectivity index (χ2n) is 4.82. The summed E-state index contributed by atoms with van der Waals surface area (Å²) in [5.74, 6) is -1.21. The molecule has 2 N–H and O–H groups in total. The van der Waals surface area contributed by atoms with E-state index in [-0.39, 0.29) is 17.3 Å². The smallest absolute Gasteiger partial charge is 0.372 e. The van der Waals surface area contributed by atoms with Crippen molar-refractivity contribution in [1.29, 1.82) is 0 Å². The summed E-state index contributed by atoms with van der Waals surface area (Å²) in [6, 6.07) is 10.4. The van der Waals surface area contributed by atoms with Gasteiger partial charge in [0.2, 0.25) is 5.76 Å². The summed E-state index contributed by atoms with van der Waals surface area (Å²) in [5, 5.41) is 14.0. The van der Waals surface area contributed by atoms with Crippen LogP contribution in [0.25, 0.3) is 11.0 Å². The number of carboxylic acid groups (broad SMARTS) is 1. The molecule has 3 aromatic rings. The molecular formula is C16H10Cl3NO3. The van der Waals surface area contributed by atoms with Crippen molar-refractivity contribution in [3.8, 4) is 0 Å². The molecule has 0 amide bonds. The molecule has 0 radical (unpaired) electrons. The van der Waals surface area contributed by atoms with Gasteiger partial charge in [0.25, 0.3) is 0 Å². The van der Waals surface area contributed by atoms with Crippen LogP contribution in [0.3, 0.4) is 0 Å². The van der Waals surface area contributed by atoms with Crippen molar-refractivity contribution < 1.29 is 14.3 Å². The number of furan rings is 1. The van der Waals surface area contributed by atoms with Crippen LogP contribution < -0.4 is 5.32 Å². The van der Waals surface area contributed by atoms with Crippen molar-refractivity contribution in [2.75, 3.05) is 5.32 Å². The van der Waals surface area contributed by atoms with Gasteiger partial charge in [-0.15, -0.1) is 0 Å². The van der Waals surface area contributed by atoms with Crippen LogP contribution in [0.15, 0.2) is 40.8 Å². The molecule has 0 fully saturated rings. The average Bonchev–Trinajstić information content (AvgIpc) is 2.89. The van der Waals surface area contributed by atoms with Crippen LogP contribution in [-0.4, -0.2) is 11.1 Å². The Labute approximate surface area is 146 Å². The zero-order valence-electron chi connectivity index (χ0n) is 11.6. The number of para-hydroxylation sites is 1. The van der Waals surface area contributed by atoms with E-state index in [1.165, 1.54) is 0 Å². The van der Waals surface area contributed by atoms with Crippen LogP contribution in [0.1, 0.15) is 16.1 Å². The summed E-state index contributed by atoms with van der Waals surface area (Å²) in [6.45, 7) is 0.243. The normalized spacial score (nSPS) is 10.9. The van der Waals surface area contributed by atoms with Crippen LogP contribution in [0, 0.1) is 0 Å². The summed E-state index contributed by atoms with van der Waals surface area (Å²) in [7, 11) is 0. The Morgan fingerprint density at radius 1 is 1.13 bits per heavy atom. The summed E-state index contributed by atoms with van der Waals surface area (Å²) in [6.07, 6.45) is 0. The van der Waals surface area contributed by atoms with E-state index in [1.54, 1.807) is 24.3 Å². The standard InChI is InChI=1S/C16H10Cl3NO3/c17-11-5-8(6-12(18)14(11)19)20-7-10-9-3-1-2-4-13(9)23-15(10)16(21)22/h1-6,20H,7H2,(H,21,22). The average molecular weight is 371 g/mol. The van der Waals surface area contributed by atoms with Gasteiger partial charge in [0.05, 0.1) is 15.1 Å². The van der Waals surface area contributed by atoms with Crippen molar-refractivity contribution in [2.24, 2.45) is 0 Å². The number of rotatable bonds is 4. The Morgan fingerprint density at radius 3 is 2.43 bits per heavy atom. The maximum Gasteiger partial charge on any atom is 0.372 e. The number of aromatic carboxylic acids is 1. The van der Waals surface area contributed by atoms with Crippen molar-refractivity contribution in [3.63, 3.8) is 0 Å². The molecule has 0 aliphatic carbocycles. The first-order valence-electron chi connectivity index (χ1n) is 6.59. The Kier molecular flexibility index (Phi) is 4.39. The highest BCUT2D eigenvalue weighted by Gasteiger charge is 2.19. The fourth-order valence-corrected chi connectivity index (χ4v) is 2.89. The maximum absolute atomic E-state index is 11.4. The fourth-order valence-electron chi connectivity index (χ4n) is 2.30. The number of carbonyl (C=O) groups is 1. The topological polar surface area (TPSA) is 62.5 Å². The third-order valence-corrected chi connectivity index (χ3v) is 4.54. The number of hydrogen-bond acceptors (Lipinski definition) is 3. The van der Waals surface area contributed by atoms with E-state index in [4.69, 9.17) is 39.2 Å². The highest BCUT2D eigenvalue weighted by molar-refractivity contribution is 6.48. The molecule has 0 bridgehead atoms. The van der Waals surface area contributed by atoms with E-state index < -0.39 is 5.97 Å². The van der Waals surface area contributed by atoms with Gasteiger partial charge in [-0.05, 0) is 18.2 Å². The molecule has 1 aromatic heterocycles. The molecule has 23 heavy (non-hydrogen) atoms. The van der Waals surface area contributed by atoms with Crippen LogP contribution in [-0.2, 0) is 6.54 Å². The molecular weight excluding hydrogens is 361 g/mol. The number of fused-ring (bicyclic) bond motifs is 1. The van der Waals surface area contributed by atoms with E-state index in [0.717, 1.165) is 5.39 Å². The lowest BCUT2D eigenvalue weighted by atomic mass is 10.1. The number of anilines is 1. The fraction of sp³-hybridized carbons (Fsp3) is 0.0625. The van der Waals surface area contributed by atoms with Gasteiger partial charge >= 0.3 is 5.97 Å². The summed E-state index contributed by atoms with van der Waals surface area (Å²) in [5.41, 5.74) is 1.70. The van der Waals surface area contributed by atoms with E-state index in [2.05, 4.69) is 5.32 Å². The lowest BCUT2D eigenvalue weighted by Gasteiger charge is -2.08. The Balaban J connectivity index is 1.95. The van der Waals surface area contributed by atoms with Gasteiger partial charge in [0.15, 0.2) is 0 Å². The first kappa shape index (κ1) is 16.0. The Hall–Kier alpha value is -1.88. The van der Waals surface area contributed by atoms with Gasteiger partial charge in [0.1, 0.15) is 5.58 Å². The van der Waals surface area contributed by atoms with Gasteiger partial charge in [-0.2, -0.15) is 0 Å². The second kappa shape index (κ2) is 6.32. The van der Waals surface area contributed by atoms with Gasteiger partial charge in [-0.3, -0.25) is 0 Å². The van der Waals surface area contributed by atoms with Crippen LogP contribution >= 0.6 is 34.8 Å². The predicted octanol–water partition coefficient (Wildman–Crippen LogP) is 5.70. The minimum Gasteiger partial charge on any atom is -0.475 e. The maximum atomic E-state index is 11.4. The number of nitrogens with one attached hydrogen (secondary N) is 1. The van der Waals surface area contributed by atoms with Gasteiger partial charge in [-0.25, -0.2) is 4.79 Å². The molecule has 0 unspecified atom stereocenters. The molecule has 2 aromatic carbocycles. The number of benzene rings is 2. The lowest BCUT2D eigenvalue weighted by Crippen LogP contribution is -2.05. The quantitative estimate of drug-likeness (QED) is 0.578. The van der Waals surface area contributed by atoms with E-state index in [9.17, 15) is 9.90 Å². The Bertz CT molecular complexity index is 882. The number of halogens is 3. The second-order valence-corrected chi connectivity index (χ2v) is 6.01. The van der Waals surface area contributed by atoms with E-state index >= 15 is 0 Å². The largest absolute Gasteiger partial charge is 0.475 e. The van der Waals surface area contributed by atoms with Crippen molar-refractivity contribution in [1.82, 2.24) is 0 Å². The monoisotopic (exact) mass is 369 g/mol. The van der Waals surface area contributed by atoms with Gasteiger partial charge < -0.3 is 14.8 Å². The molecule has 0 aliphatic rings. The van der Waals surface area contributed by atoms with Crippen LogP contribution in [0.5, 0.6) is 0 Å². The van der Waals surface area contributed by atoms with Gasteiger partial charge in [0, 0.05) is 23.2 Å². The molecule has 3 rings (SSSR count). The molecule has 118 valence electrons. The van der Waals surface area contributed by atoms with Crippen molar-refractivity contribution in [3.05, 3.63) is 62.8 Å². The molecule has 0 saturated carbocycles. The first-order valence-corrected chi connectivity index (χ1v) is 7.73. The molecule has 1 heterocycles. The minimum atomic E-state index is -1.12. The highest BCUT2D eigenvalue weighted by atomic mass is 35.5. The SMILES string of the molecule is O=C(O)c1oc2ccccc2c1CNc1cc(Cl)c(Cl)c(Cl)c1. The molecule has 0 aliphatic heterocycles.